The van der Waals surface area contributed by atoms with Gasteiger partial charge in [-0.2, -0.15) is 0 Å². The summed E-state index contributed by atoms with van der Waals surface area (Å²) in [7, 11) is 1.60. The van der Waals surface area contributed by atoms with Gasteiger partial charge in [-0.3, -0.25) is 4.98 Å². The van der Waals surface area contributed by atoms with Crippen LogP contribution in [-0.2, 0) is 11.3 Å². The molecule has 0 saturated heterocycles. The largest absolute Gasteiger partial charge is 0.496 e. The summed E-state index contributed by atoms with van der Waals surface area (Å²) in [6.07, 6.45) is 10.4. The number of nitrogens with zero attached hydrogens (tertiary/aromatic N) is 2. The van der Waals surface area contributed by atoms with Gasteiger partial charge in [0.25, 0.3) is 0 Å². The molecule has 0 radical (unpaired) electrons. The van der Waals surface area contributed by atoms with Gasteiger partial charge < -0.3 is 19.2 Å². The molecule has 1 amide bonds. The fourth-order valence-corrected chi connectivity index (χ4v) is 4.10. The summed E-state index contributed by atoms with van der Waals surface area (Å²) in [4.78, 5) is 20.9. The number of aromatic nitrogens is 2. The van der Waals surface area contributed by atoms with Crippen molar-refractivity contribution in [2.75, 3.05) is 7.11 Å². The number of carbonyl (C=O) groups is 1. The molecule has 2 aromatic heterocycles. The zero-order valence-electron chi connectivity index (χ0n) is 17.6. The van der Waals surface area contributed by atoms with Crippen molar-refractivity contribution in [1.82, 2.24) is 15.3 Å². The fraction of sp³-hybridized carbons (Fsp3) is 0.375. The first kappa shape index (κ1) is 20.9. The molecule has 1 unspecified atom stereocenters. The van der Waals surface area contributed by atoms with Crippen molar-refractivity contribution < 1.29 is 18.7 Å². The molecular formula is C24H27N3O4. The molecule has 1 N–H and O–H groups in total. The van der Waals surface area contributed by atoms with Crippen LogP contribution < -0.4 is 10.1 Å². The van der Waals surface area contributed by atoms with Crippen LogP contribution in [-0.4, -0.2) is 23.2 Å². The second-order valence-corrected chi connectivity index (χ2v) is 7.76. The lowest BCUT2D eigenvalue weighted by atomic mass is 9.94. The van der Waals surface area contributed by atoms with Crippen LogP contribution in [0.4, 0.5) is 4.79 Å². The van der Waals surface area contributed by atoms with Crippen molar-refractivity contribution in [2.45, 2.75) is 44.8 Å². The third-order valence-electron chi connectivity index (χ3n) is 5.68. The van der Waals surface area contributed by atoms with Gasteiger partial charge in [0.2, 0.25) is 5.89 Å². The van der Waals surface area contributed by atoms with Crippen LogP contribution in [0.1, 0.15) is 49.6 Å². The lowest BCUT2D eigenvalue weighted by molar-refractivity contribution is 0.124. The number of alkyl carbamates (subject to hydrolysis) is 1. The summed E-state index contributed by atoms with van der Waals surface area (Å²) in [5.41, 5.74) is 1.78. The first-order chi connectivity index (χ1) is 15.2. The van der Waals surface area contributed by atoms with Crippen molar-refractivity contribution in [1.29, 1.82) is 0 Å². The Morgan fingerprint density at radius 2 is 2.03 bits per heavy atom. The number of amides is 1. The zero-order valence-corrected chi connectivity index (χ0v) is 17.6. The maximum atomic E-state index is 12.5. The minimum Gasteiger partial charge on any atom is -0.496 e. The smallest absolute Gasteiger partial charge is 0.408 e. The second kappa shape index (κ2) is 10.1. The van der Waals surface area contributed by atoms with Gasteiger partial charge in [-0.05, 0) is 36.1 Å². The number of hydrogen-bond donors (Lipinski definition) is 1. The maximum absolute atomic E-state index is 12.5. The first-order valence-electron chi connectivity index (χ1n) is 10.6. The normalized spacial score (nSPS) is 14.9. The number of nitrogens with one attached hydrogen (secondary N) is 1. The second-order valence-electron chi connectivity index (χ2n) is 7.76. The standard InChI is InChI=1S/C24H27N3O4/c1-29-21-11-5-4-10-19(21)22-15-26-23(31-22)16-30-24(28)27-20(13-17-7-2-3-8-17)18-9-6-12-25-14-18/h4-6,9-12,14-15,17,20H,2-3,7-8,13,16H2,1H3,(H,27,28). The van der Waals surface area contributed by atoms with E-state index in [2.05, 4.69) is 15.3 Å². The molecule has 31 heavy (non-hydrogen) atoms. The average Bonchev–Trinajstić information content (AvgIpc) is 3.50. The van der Waals surface area contributed by atoms with Gasteiger partial charge in [0.15, 0.2) is 12.4 Å². The molecule has 0 bridgehead atoms. The molecule has 1 atom stereocenters. The van der Waals surface area contributed by atoms with Gasteiger partial charge in [0.1, 0.15) is 5.75 Å². The summed E-state index contributed by atoms with van der Waals surface area (Å²) < 4.78 is 16.5. The van der Waals surface area contributed by atoms with Crippen LogP contribution in [0.15, 0.2) is 59.4 Å². The number of para-hydroxylation sites is 1. The van der Waals surface area contributed by atoms with E-state index < -0.39 is 6.09 Å². The highest BCUT2D eigenvalue weighted by Gasteiger charge is 2.23. The van der Waals surface area contributed by atoms with E-state index in [-0.39, 0.29) is 12.6 Å². The predicted molar refractivity (Wildman–Crippen MR) is 115 cm³/mol. The van der Waals surface area contributed by atoms with Crippen molar-refractivity contribution in [3.8, 4) is 17.1 Å². The van der Waals surface area contributed by atoms with Crippen LogP contribution in [0, 0.1) is 5.92 Å². The quantitative estimate of drug-likeness (QED) is 0.532. The molecule has 7 heteroatoms. The van der Waals surface area contributed by atoms with Crippen molar-refractivity contribution in [2.24, 2.45) is 5.92 Å². The number of benzene rings is 1. The number of methoxy groups -OCH3 is 1. The minimum absolute atomic E-state index is 0.0514. The first-order valence-corrected chi connectivity index (χ1v) is 10.6. The summed E-state index contributed by atoms with van der Waals surface area (Å²) in [5, 5.41) is 3.00. The van der Waals surface area contributed by atoms with Gasteiger partial charge in [0, 0.05) is 12.4 Å². The Morgan fingerprint density at radius 1 is 1.19 bits per heavy atom. The minimum atomic E-state index is -0.496. The van der Waals surface area contributed by atoms with Gasteiger partial charge in [-0.25, -0.2) is 9.78 Å². The highest BCUT2D eigenvalue weighted by Crippen LogP contribution is 2.33. The number of hydrogen-bond acceptors (Lipinski definition) is 6. The molecule has 1 fully saturated rings. The molecule has 1 aromatic carbocycles. The predicted octanol–water partition coefficient (Wildman–Crippen LogP) is 5.29. The molecule has 1 saturated carbocycles. The summed E-state index contributed by atoms with van der Waals surface area (Å²) in [6, 6.07) is 11.3. The lowest BCUT2D eigenvalue weighted by Crippen LogP contribution is -2.30. The van der Waals surface area contributed by atoms with Gasteiger partial charge >= 0.3 is 6.09 Å². The highest BCUT2D eigenvalue weighted by molar-refractivity contribution is 5.68. The fourth-order valence-electron chi connectivity index (χ4n) is 4.10. The van der Waals surface area contributed by atoms with Crippen LogP contribution in [0.3, 0.4) is 0 Å². The SMILES string of the molecule is COc1ccccc1-c1cnc(COC(=O)NC(CC2CCCC2)c2cccnc2)o1. The van der Waals surface area contributed by atoms with Crippen molar-refractivity contribution in [3.63, 3.8) is 0 Å². The Kier molecular flexibility index (Phi) is 6.82. The summed E-state index contributed by atoms with van der Waals surface area (Å²) in [5.74, 6) is 2.19. The zero-order chi connectivity index (χ0) is 21.5. The monoisotopic (exact) mass is 421 g/mol. The molecule has 4 rings (SSSR count). The van der Waals surface area contributed by atoms with Crippen LogP contribution in [0.2, 0.25) is 0 Å². The molecule has 1 aliphatic rings. The van der Waals surface area contributed by atoms with Gasteiger partial charge in [-0.15, -0.1) is 0 Å². The molecule has 1 aliphatic carbocycles. The van der Waals surface area contributed by atoms with Crippen LogP contribution in [0.25, 0.3) is 11.3 Å². The third kappa shape index (κ3) is 5.42. The topological polar surface area (TPSA) is 86.5 Å². The number of oxazole rings is 1. The van der Waals surface area contributed by atoms with Crippen molar-refractivity contribution in [3.05, 3.63) is 66.4 Å². The van der Waals surface area contributed by atoms with Crippen LogP contribution in [0.5, 0.6) is 5.75 Å². The highest BCUT2D eigenvalue weighted by atomic mass is 16.6. The Bertz CT molecular complexity index is 983. The van der Waals surface area contributed by atoms with Gasteiger partial charge in [-0.1, -0.05) is 43.9 Å². The van der Waals surface area contributed by atoms with E-state index in [1.165, 1.54) is 25.7 Å². The summed E-state index contributed by atoms with van der Waals surface area (Å²) in [6.45, 7) is -0.0514. The van der Waals surface area contributed by atoms with E-state index >= 15 is 0 Å². The number of pyridine rings is 1. The number of rotatable bonds is 8. The molecule has 0 aliphatic heterocycles. The van der Waals surface area contributed by atoms with Crippen molar-refractivity contribution >= 4 is 6.09 Å². The van der Waals surface area contributed by atoms with E-state index in [4.69, 9.17) is 13.9 Å². The van der Waals surface area contributed by atoms with E-state index in [1.54, 1.807) is 25.7 Å². The maximum Gasteiger partial charge on any atom is 0.408 e. The lowest BCUT2D eigenvalue weighted by Gasteiger charge is -2.21. The molecule has 7 nitrogen and oxygen atoms in total. The van der Waals surface area contributed by atoms with Crippen LogP contribution >= 0.6 is 0 Å². The third-order valence-corrected chi connectivity index (χ3v) is 5.68. The van der Waals surface area contributed by atoms with E-state index in [0.29, 0.717) is 23.3 Å². The molecule has 162 valence electrons. The Hall–Kier alpha value is -3.35. The number of ether oxygens (including phenoxy) is 2. The molecular weight excluding hydrogens is 394 g/mol. The van der Waals surface area contributed by atoms with Gasteiger partial charge in [0.05, 0.1) is 24.9 Å². The molecule has 3 aromatic rings. The number of carbonyl (C=O) groups excluding carboxylic acids is 1. The Morgan fingerprint density at radius 3 is 2.81 bits per heavy atom. The molecule has 2 heterocycles. The van der Waals surface area contributed by atoms with E-state index in [0.717, 1.165) is 17.5 Å². The Labute approximate surface area is 181 Å². The summed E-state index contributed by atoms with van der Waals surface area (Å²) >= 11 is 0. The molecule has 0 spiro atoms. The van der Waals surface area contributed by atoms with E-state index in [1.807, 2.05) is 36.4 Å². The average molecular weight is 421 g/mol. The Balaban J connectivity index is 1.37. The van der Waals surface area contributed by atoms with E-state index in [9.17, 15) is 4.79 Å².